The van der Waals surface area contributed by atoms with Crippen molar-refractivity contribution < 1.29 is 5.11 Å². The molecular weight excluding hydrogens is 200 g/mol. The SMILES string of the molecule is CC(CN)Nc1cccc2c(O)cccc12. The number of phenolic OH excluding ortho intramolecular Hbond substituents is 1. The zero-order valence-electron chi connectivity index (χ0n) is 9.27. The zero-order chi connectivity index (χ0) is 11.5. The minimum atomic E-state index is 0.216. The molecule has 0 spiro atoms. The van der Waals surface area contributed by atoms with Crippen molar-refractivity contribution in [2.24, 2.45) is 5.73 Å². The van der Waals surface area contributed by atoms with Gasteiger partial charge in [0.15, 0.2) is 0 Å². The van der Waals surface area contributed by atoms with E-state index in [9.17, 15) is 5.11 Å². The molecule has 0 saturated carbocycles. The van der Waals surface area contributed by atoms with E-state index in [1.807, 2.05) is 37.3 Å². The van der Waals surface area contributed by atoms with E-state index in [0.29, 0.717) is 12.3 Å². The quantitative estimate of drug-likeness (QED) is 0.738. The van der Waals surface area contributed by atoms with Crippen LogP contribution in [-0.4, -0.2) is 17.7 Å². The molecule has 0 heterocycles. The minimum absolute atomic E-state index is 0.216. The first-order valence-corrected chi connectivity index (χ1v) is 5.39. The number of rotatable bonds is 3. The van der Waals surface area contributed by atoms with Gasteiger partial charge in [0.05, 0.1) is 0 Å². The van der Waals surface area contributed by atoms with Crippen molar-refractivity contribution in [3.63, 3.8) is 0 Å². The lowest BCUT2D eigenvalue weighted by atomic mass is 10.1. The molecule has 84 valence electrons. The van der Waals surface area contributed by atoms with Crippen molar-refractivity contribution >= 4 is 16.5 Å². The van der Waals surface area contributed by atoms with Crippen LogP contribution in [0, 0.1) is 0 Å². The highest BCUT2D eigenvalue weighted by Gasteiger charge is 2.05. The molecule has 4 N–H and O–H groups in total. The summed E-state index contributed by atoms with van der Waals surface area (Å²) in [7, 11) is 0. The Morgan fingerprint density at radius 2 is 1.88 bits per heavy atom. The van der Waals surface area contributed by atoms with E-state index in [-0.39, 0.29) is 6.04 Å². The van der Waals surface area contributed by atoms with Gasteiger partial charge in [-0.25, -0.2) is 0 Å². The van der Waals surface area contributed by atoms with Crippen molar-refractivity contribution in [2.45, 2.75) is 13.0 Å². The van der Waals surface area contributed by atoms with Gasteiger partial charge in [-0.3, -0.25) is 0 Å². The number of benzene rings is 2. The van der Waals surface area contributed by atoms with Gasteiger partial charge >= 0.3 is 0 Å². The Balaban J connectivity index is 2.50. The minimum Gasteiger partial charge on any atom is -0.507 e. The van der Waals surface area contributed by atoms with Gasteiger partial charge in [-0.2, -0.15) is 0 Å². The van der Waals surface area contributed by atoms with Gasteiger partial charge in [0.2, 0.25) is 0 Å². The third-order valence-corrected chi connectivity index (χ3v) is 2.65. The summed E-state index contributed by atoms with van der Waals surface area (Å²) in [5.41, 5.74) is 6.59. The van der Waals surface area contributed by atoms with Crippen LogP contribution in [0.15, 0.2) is 36.4 Å². The highest BCUT2D eigenvalue weighted by Crippen LogP contribution is 2.29. The molecule has 0 bridgehead atoms. The molecule has 0 aromatic heterocycles. The fourth-order valence-electron chi connectivity index (χ4n) is 1.74. The molecule has 16 heavy (non-hydrogen) atoms. The Labute approximate surface area is 94.9 Å². The van der Waals surface area contributed by atoms with E-state index >= 15 is 0 Å². The lowest BCUT2D eigenvalue weighted by molar-refractivity contribution is 0.481. The summed E-state index contributed by atoms with van der Waals surface area (Å²) in [5, 5.41) is 14.9. The van der Waals surface area contributed by atoms with Gasteiger partial charge in [0.25, 0.3) is 0 Å². The fraction of sp³-hybridized carbons (Fsp3) is 0.231. The molecule has 3 heteroatoms. The van der Waals surface area contributed by atoms with Crippen LogP contribution < -0.4 is 11.1 Å². The van der Waals surface area contributed by atoms with E-state index in [4.69, 9.17) is 5.73 Å². The third-order valence-electron chi connectivity index (χ3n) is 2.65. The largest absolute Gasteiger partial charge is 0.507 e. The van der Waals surface area contributed by atoms with E-state index in [2.05, 4.69) is 5.32 Å². The predicted octanol–water partition coefficient (Wildman–Crippen LogP) is 2.30. The van der Waals surface area contributed by atoms with Crippen LogP contribution >= 0.6 is 0 Å². The van der Waals surface area contributed by atoms with Gasteiger partial charge in [-0.05, 0) is 19.1 Å². The molecule has 0 aliphatic heterocycles. The number of fused-ring (bicyclic) bond motifs is 1. The van der Waals surface area contributed by atoms with Gasteiger partial charge in [0, 0.05) is 29.0 Å². The standard InChI is InChI=1S/C13H16N2O/c1-9(8-14)15-12-6-2-5-11-10(12)4-3-7-13(11)16/h2-7,9,15-16H,8,14H2,1H3. The molecule has 2 aromatic carbocycles. The van der Waals surface area contributed by atoms with Crippen LogP contribution in [0.25, 0.3) is 10.8 Å². The normalized spacial score (nSPS) is 12.6. The summed E-state index contributed by atoms with van der Waals surface area (Å²) < 4.78 is 0. The summed E-state index contributed by atoms with van der Waals surface area (Å²) >= 11 is 0. The van der Waals surface area contributed by atoms with Crippen LogP contribution in [0.2, 0.25) is 0 Å². The number of phenols is 1. The van der Waals surface area contributed by atoms with Crippen LogP contribution in [0.1, 0.15) is 6.92 Å². The van der Waals surface area contributed by atoms with Crippen molar-refractivity contribution in [2.75, 3.05) is 11.9 Å². The Morgan fingerprint density at radius 3 is 2.62 bits per heavy atom. The van der Waals surface area contributed by atoms with Crippen LogP contribution in [0.5, 0.6) is 5.75 Å². The molecule has 0 fully saturated rings. The number of nitrogens with two attached hydrogens (primary N) is 1. The second-order valence-corrected chi connectivity index (χ2v) is 3.96. The summed E-state index contributed by atoms with van der Waals surface area (Å²) in [5.74, 6) is 0.307. The van der Waals surface area contributed by atoms with Crippen molar-refractivity contribution in [1.82, 2.24) is 0 Å². The smallest absolute Gasteiger partial charge is 0.123 e. The topological polar surface area (TPSA) is 58.3 Å². The molecule has 3 nitrogen and oxygen atoms in total. The van der Waals surface area contributed by atoms with Gasteiger partial charge in [-0.15, -0.1) is 0 Å². The predicted molar refractivity (Wildman–Crippen MR) is 67.8 cm³/mol. The first-order valence-electron chi connectivity index (χ1n) is 5.39. The Hall–Kier alpha value is -1.74. The number of hydrogen-bond donors (Lipinski definition) is 3. The summed E-state index contributed by atoms with van der Waals surface area (Å²) in [6, 6.07) is 11.6. The second-order valence-electron chi connectivity index (χ2n) is 3.96. The maximum absolute atomic E-state index is 9.73. The molecule has 0 aliphatic carbocycles. The summed E-state index contributed by atoms with van der Waals surface area (Å²) in [4.78, 5) is 0. The van der Waals surface area contributed by atoms with Crippen molar-refractivity contribution in [1.29, 1.82) is 0 Å². The van der Waals surface area contributed by atoms with Gasteiger partial charge in [0.1, 0.15) is 5.75 Å². The van der Waals surface area contributed by atoms with Crippen LogP contribution in [0.4, 0.5) is 5.69 Å². The summed E-state index contributed by atoms with van der Waals surface area (Å²) in [6.07, 6.45) is 0. The molecule has 2 aromatic rings. The average Bonchev–Trinajstić information content (AvgIpc) is 2.30. The number of nitrogens with one attached hydrogen (secondary N) is 1. The number of aromatic hydroxyl groups is 1. The molecule has 0 radical (unpaired) electrons. The molecule has 1 unspecified atom stereocenters. The van der Waals surface area contributed by atoms with E-state index in [1.54, 1.807) is 6.07 Å². The maximum Gasteiger partial charge on any atom is 0.123 e. The Bertz CT molecular complexity index is 496. The highest BCUT2D eigenvalue weighted by molar-refractivity contribution is 5.97. The monoisotopic (exact) mass is 216 g/mol. The van der Waals surface area contributed by atoms with Crippen molar-refractivity contribution in [3.05, 3.63) is 36.4 Å². The van der Waals surface area contributed by atoms with Gasteiger partial charge < -0.3 is 16.2 Å². The zero-order valence-corrected chi connectivity index (χ0v) is 9.27. The first kappa shape index (κ1) is 10.8. The van der Waals surface area contributed by atoms with Crippen molar-refractivity contribution in [3.8, 4) is 5.75 Å². The Morgan fingerprint density at radius 1 is 1.19 bits per heavy atom. The highest BCUT2D eigenvalue weighted by atomic mass is 16.3. The maximum atomic E-state index is 9.73. The third kappa shape index (κ3) is 1.95. The molecule has 2 rings (SSSR count). The first-order chi connectivity index (χ1) is 7.72. The Kier molecular flexibility index (Phi) is 2.97. The fourth-order valence-corrected chi connectivity index (χ4v) is 1.74. The number of hydrogen-bond acceptors (Lipinski definition) is 3. The molecule has 0 aliphatic rings. The van der Waals surface area contributed by atoms with Crippen LogP contribution in [0.3, 0.4) is 0 Å². The van der Waals surface area contributed by atoms with E-state index in [0.717, 1.165) is 16.5 Å². The molecular formula is C13H16N2O. The van der Waals surface area contributed by atoms with Gasteiger partial charge in [-0.1, -0.05) is 24.3 Å². The lowest BCUT2D eigenvalue weighted by Crippen LogP contribution is -2.25. The second kappa shape index (κ2) is 4.41. The lowest BCUT2D eigenvalue weighted by Gasteiger charge is -2.15. The van der Waals surface area contributed by atoms with E-state index in [1.165, 1.54) is 0 Å². The molecule has 0 amide bonds. The molecule has 0 saturated heterocycles. The molecule has 1 atom stereocenters. The van der Waals surface area contributed by atoms with Crippen LogP contribution in [-0.2, 0) is 0 Å². The number of anilines is 1. The summed E-state index contributed by atoms with van der Waals surface area (Å²) in [6.45, 7) is 2.61. The van der Waals surface area contributed by atoms with E-state index < -0.39 is 0 Å². The average molecular weight is 216 g/mol.